The molecule has 2 aromatic rings. The van der Waals surface area contributed by atoms with Gasteiger partial charge < -0.3 is 19.3 Å². The smallest absolute Gasteiger partial charge is 0.331 e. The van der Waals surface area contributed by atoms with E-state index in [1.807, 2.05) is 6.92 Å². The summed E-state index contributed by atoms with van der Waals surface area (Å²) in [4.78, 5) is 24.3. The van der Waals surface area contributed by atoms with Gasteiger partial charge in [-0.2, -0.15) is 0 Å². The molecular weight excluding hydrogens is 348 g/mol. The first kappa shape index (κ1) is 20.0. The highest BCUT2D eigenvalue weighted by molar-refractivity contribution is 6.01. The molecule has 0 bridgehead atoms. The Balaban J connectivity index is 1.97. The number of esters is 1. The van der Waals surface area contributed by atoms with Crippen LogP contribution in [0.3, 0.4) is 0 Å². The molecule has 6 nitrogen and oxygen atoms in total. The average Bonchev–Trinajstić information content (AvgIpc) is 2.67. The van der Waals surface area contributed by atoms with Crippen LogP contribution < -0.4 is 9.47 Å². The minimum absolute atomic E-state index is 0.00630. The first-order valence-corrected chi connectivity index (χ1v) is 8.47. The van der Waals surface area contributed by atoms with Crippen molar-refractivity contribution >= 4 is 17.8 Å². The molecule has 0 saturated heterocycles. The van der Waals surface area contributed by atoms with Gasteiger partial charge in [0.2, 0.25) is 5.78 Å². The number of hydrogen-bond donors (Lipinski definition) is 1. The van der Waals surface area contributed by atoms with Crippen molar-refractivity contribution in [3.8, 4) is 17.2 Å². The van der Waals surface area contributed by atoms with Crippen LogP contribution in [0.25, 0.3) is 6.08 Å². The summed E-state index contributed by atoms with van der Waals surface area (Å²) in [5.41, 5.74) is 1.08. The van der Waals surface area contributed by atoms with Gasteiger partial charge in [0.1, 0.15) is 5.75 Å². The zero-order valence-electron chi connectivity index (χ0n) is 15.5. The van der Waals surface area contributed by atoms with Crippen molar-refractivity contribution < 1.29 is 28.9 Å². The van der Waals surface area contributed by atoms with Crippen molar-refractivity contribution in [3.05, 3.63) is 59.7 Å². The minimum Gasteiger partial charge on any atom is -0.504 e. The van der Waals surface area contributed by atoms with Crippen LogP contribution in [0.2, 0.25) is 0 Å². The van der Waals surface area contributed by atoms with Crippen LogP contribution in [0.4, 0.5) is 0 Å². The van der Waals surface area contributed by atoms with Crippen LogP contribution in [0.15, 0.2) is 48.5 Å². The number of methoxy groups -OCH3 is 1. The van der Waals surface area contributed by atoms with E-state index < -0.39 is 12.1 Å². The molecule has 27 heavy (non-hydrogen) atoms. The highest BCUT2D eigenvalue weighted by Crippen LogP contribution is 2.26. The number of phenolic OH excluding ortho intramolecular Hbond substituents is 1. The van der Waals surface area contributed by atoms with E-state index in [-0.39, 0.29) is 11.5 Å². The molecule has 1 N–H and O–H groups in total. The molecule has 0 amide bonds. The summed E-state index contributed by atoms with van der Waals surface area (Å²) in [5.74, 6) is 0.0299. The van der Waals surface area contributed by atoms with Crippen LogP contribution in [-0.4, -0.2) is 36.7 Å². The van der Waals surface area contributed by atoms with E-state index in [9.17, 15) is 14.7 Å². The van der Waals surface area contributed by atoms with Gasteiger partial charge in [-0.3, -0.25) is 4.79 Å². The molecular formula is C21H22O6. The van der Waals surface area contributed by atoms with Crippen LogP contribution in [0.5, 0.6) is 17.2 Å². The van der Waals surface area contributed by atoms with Gasteiger partial charge in [0.25, 0.3) is 0 Å². The third-order valence-corrected chi connectivity index (χ3v) is 3.73. The molecule has 0 aliphatic heterocycles. The number of aromatic hydroxyl groups is 1. The van der Waals surface area contributed by atoms with Crippen molar-refractivity contribution in [2.45, 2.75) is 20.0 Å². The highest BCUT2D eigenvalue weighted by Gasteiger charge is 2.18. The molecule has 0 aliphatic rings. The standard InChI is InChI=1S/C21H22O6/c1-4-26-17-9-7-16(8-10-17)21(24)14(2)27-20(23)12-6-15-5-11-18(22)19(13-15)25-3/h5-14,22H,4H2,1-3H3. The van der Waals surface area contributed by atoms with Crippen molar-refractivity contribution in [2.24, 2.45) is 0 Å². The first-order chi connectivity index (χ1) is 12.9. The minimum atomic E-state index is -0.922. The van der Waals surface area contributed by atoms with Crippen LogP contribution in [-0.2, 0) is 9.53 Å². The molecule has 0 saturated carbocycles. The largest absolute Gasteiger partial charge is 0.504 e. The van der Waals surface area contributed by atoms with E-state index in [0.29, 0.717) is 29.2 Å². The molecule has 0 fully saturated rings. The van der Waals surface area contributed by atoms with Crippen LogP contribution in [0, 0.1) is 0 Å². The summed E-state index contributed by atoms with van der Waals surface area (Å²) >= 11 is 0. The molecule has 2 aromatic carbocycles. The van der Waals surface area contributed by atoms with Gasteiger partial charge in [-0.25, -0.2) is 4.79 Å². The molecule has 0 aliphatic carbocycles. The lowest BCUT2D eigenvalue weighted by molar-refractivity contribution is -0.140. The van der Waals surface area contributed by atoms with Gasteiger partial charge in [-0.1, -0.05) is 6.07 Å². The number of phenols is 1. The van der Waals surface area contributed by atoms with Gasteiger partial charge in [0, 0.05) is 11.6 Å². The molecule has 0 aromatic heterocycles. The lowest BCUT2D eigenvalue weighted by atomic mass is 10.1. The monoisotopic (exact) mass is 370 g/mol. The van der Waals surface area contributed by atoms with E-state index in [4.69, 9.17) is 14.2 Å². The number of benzene rings is 2. The second kappa shape index (κ2) is 9.43. The van der Waals surface area contributed by atoms with Crippen LogP contribution >= 0.6 is 0 Å². The van der Waals surface area contributed by atoms with E-state index >= 15 is 0 Å². The van der Waals surface area contributed by atoms with Crippen molar-refractivity contribution in [1.82, 2.24) is 0 Å². The maximum atomic E-state index is 12.4. The summed E-state index contributed by atoms with van der Waals surface area (Å²) in [5, 5.41) is 9.56. The molecule has 142 valence electrons. The van der Waals surface area contributed by atoms with Crippen molar-refractivity contribution in [1.29, 1.82) is 0 Å². The Kier molecular flexibility index (Phi) is 7.00. The summed E-state index contributed by atoms with van der Waals surface area (Å²) in [6, 6.07) is 11.3. The Hall–Kier alpha value is -3.28. The first-order valence-electron chi connectivity index (χ1n) is 8.47. The second-order valence-electron chi connectivity index (χ2n) is 5.67. The van der Waals surface area contributed by atoms with E-state index in [1.54, 1.807) is 36.4 Å². The maximum absolute atomic E-state index is 12.4. The quantitative estimate of drug-likeness (QED) is 0.434. The fourth-order valence-corrected chi connectivity index (χ4v) is 2.35. The Morgan fingerprint density at radius 2 is 1.85 bits per heavy atom. The molecule has 0 heterocycles. The Labute approximate surface area is 158 Å². The van der Waals surface area contributed by atoms with E-state index in [1.165, 1.54) is 32.3 Å². The number of carbonyl (C=O) groups excluding carboxylic acids is 2. The van der Waals surface area contributed by atoms with Gasteiger partial charge in [-0.15, -0.1) is 0 Å². The fourth-order valence-electron chi connectivity index (χ4n) is 2.35. The van der Waals surface area contributed by atoms with E-state index in [0.717, 1.165) is 0 Å². The zero-order valence-corrected chi connectivity index (χ0v) is 15.5. The third kappa shape index (κ3) is 5.60. The number of ether oxygens (including phenoxy) is 3. The lowest BCUT2D eigenvalue weighted by Crippen LogP contribution is -2.23. The Morgan fingerprint density at radius 3 is 2.48 bits per heavy atom. The van der Waals surface area contributed by atoms with Crippen LogP contribution in [0.1, 0.15) is 29.8 Å². The predicted molar refractivity (Wildman–Crippen MR) is 101 cm³/mol. The fraction of sp³-hybridized carbons (Fsp3) is 0.238. The van der Waals surface area contributed by atoms with Gasteiger partial charge in [0.05, 0.1) is 13.7 Å². The summed E-state index contributed by atoms with van der Waals surface area (Å²) in [6.45, 7) is 3.94. The number of Topliss-reactive ketones (excluding diaryl/α,β-unsaturated/α-hetero) is 1. The lowest BCUT2D eigenvalue weighted by Gasteiger charge is -2.11. The molecule has 6 heteroatoms. The zero-order chi connectivity index (χ0) is 19.8. The van der Waals surface area contributed by atoms with Crippen molar-refractivity contribution in [2.75, 3.05) is 13.7 Å². The van der Waals surface area contributed by atoms with E-state index in [2.05, 4.69) is 0 Å². The number of hydrogen-bond acceptors (Lipinski definition) is 6. The normalized spacial score (nSPS) is 11.8. The number of carbonyl (C=O) groups is 2. The summed E-state index contributed by atoms with van der Waals surface area (Å²) < 4.78 is 15.5. The second-order valence-corrected chi connectivity index (χ2v) is 5.67. The molecule has 1 unspecified atom stereocenters. The van der Waals surface area contributed by atoms with Gasteiger partial charge >= 0.3 is 5.97 Å². The SMILES string of the molecule is CCOc1ccc(C(=O)C(C)OC(=O)C=Cc2ccc(O)c(OC)c2)cc1. The van der Waals surface area contributed by atoms with Gasteiger partial charge in [0.15, 0.2) is 17.6 Å². The topological polar surface area (TPSA) is 82.1 Å². The Bertz CT molecular complexity index is 823. The Morgan fingerprint density at radius 1 is 1.15 bits per heavy atom. The van der Waals surface area contributed by atoms with Gasteiger partial charge in [-0.05, 0) is 61.9 Å². The van der Waals surface area contributed by atoms with Crippen molar-refractivity contribution in [3.63, 3.8) is 0 Å². The molecule has 1 atom stereocenters. The summed E-state index contributed by atoms with van der Waals surface area (Å²) in [6.07, 6.45) is 1.81. The summed E-state index contributed by atoms with van der Waals surface area (Å²) in [7, 11) is 1.44. The molecule has 0 spiro atoms. The average molecular weight is 370 g/mol. The number of ketones is 1. The maximum Gasteiger partial charge on any atom is 0.331 e. The molecule has 0 radical (unpaired) electrons. The number of rotatable bonds is 8. The predicted octanol–water partition coefficient (Wildman–Crippen LogP) is 3.63. The highest BCUT2D eigenvalue weighted by atomic mass is 16.5. The third-order valence-electron chi connectivity index (χ3n) is 3.73. The molecule has 2 rings (SSSR count).